The Kier molecular flexibility index (Phi) is 4.44. The minimum atomic E-state index is -0.403. The summed E-state index contributed by atoms with van der Waals surface area (Å²) in [5.74, 6) is -0.403. The third-order valence-corrected chi connectivity index (χ3v) is 1.52. The predicted molar refractivity (Wildman–Crippen MR) is 53.4 cm³/mol. The molecule has 0 saturated carbocycles. The molecule has 0 aliphatic heterocycles. The molecule has 0 heterocycles. The fraction of sp³-hybridized carbons (Fsp3) is 0.182. The standard InChI is InChI=1S/C11H12O3/c1-13-9-11(12)14-8-7-10-5-3-2-4-6-10/h2-8H,9H2,1H3/b8-7-. The molecule has 0 atom stereocenters. The molecule has 0 radical (unpaired) electrons. The summed E-state index contributed by atoms with van der Waals surface area (Å²) in [6.07, 6.45) is 3.07. The van der Waals surface area contributed by atoms with Gasteiger partial charge in [0.05, 0.1) is 6.26 Å². The number of carbonyl (C=O) groups is 1. The summed E-state index contributed by atoms with van der Waals surface area (Å²) < 4.78 is 9.34. The van der Waals surface area contributed by atoms with E-state index in [-0.39, 0.29) is 6.61 Å². The molecule has 0 spiro atoms. The maximum Gasteiger partial charge on any atom is 0.336 e. The van der Waals surface area contributed by atoms with Gasteiger partial charge in [0.1, 0.15) is 6.61 Å². The first-order valence-corrected chi connectivity index (χ1v) is 4.23. The van der Waals surface area contributed by atoms with Crippen molar-refractivity contribution in [2.75, 3.05) is 13.7 Å². The van der Waals surface area contributed by atoms with Crippen molar-refractivity contribution in [3.63, 3.8) is 0 Å². The highest BCUT2D eigenvalue weighted by atomic mass is 16.6. The average Bonchev–Trinajstić information content (AvgIpc) is 2.20. The SMILES string of the molecule is COCC(=O)O/C=C\c1ccccc1. The van der Waals surface area contributed by atoms with Crippen LogP contribution >= 0.6 is 0 Å². The Hall–Kier alpha value is -1.61. The summed E-state index contributed by atoms with van der Waals surface area (Å²) in [7, 11) is 1.45. The van der Waals surface area contributed by atoms with Crippen molar-refractivity contribution in [3.8, 4) is 0 Å². The number of benzene rings is 1. The molecule has 0 bridgehead atoms. The van der Waals surface area contributed by atoms with Crippen molar-refractivity contribution in [2.24, 2.45) is 0 Å². The number of rotatable bonds is 4. The van der Waals surface area contributed by atoms with E-state index in [4.69, 9.17) is 4.74 Å². The van der Waals surface area contributed by atoms with Crippen LogP contribution in [0.25, 0.3) is 6.08 Å². The third-order valence-electron chi connectivity index (χ3n) is 1.52. The first kappa shape index (κ1) is 10.5. The Morgan fingerprint density at radius 1 is 1.36 bits per heavy atom. The smallest absolute Gasteiger partial charge is 0.336 e. The monoisotopic (exact) mass is 192 g/mol. The molecule has 3 heteroatoms. The molecule has 74 valence electrons. The molecule has 0 aliphatic rings. The molecule has 3 nitrogen and oxygen atoms in total. The number of hydrogen-bond donors (Lipinski definition) is 0. The van der Waals surface area contributed by atoms with Crippen LogP contribution in [0.1, 0.15) is 5.56 Å². The van der Waals surface area contributed by atoms with E-state index < -0.39 is 5.97 Å². The molecule has 1 aromatic rings. The highest BCUT2D eigenvalue weighted by molar-refractivity contribution is 5.71. The van der Waals surface area contributed by atoms with Crippen LogP contribution in [0.15, 0.2) is 36.6 Å². The normalized spacial score (nSPS) is 10.4. The van der Waals surface area contributed by atoms with Gasteiger partial charge in [-0.1, -0.05) is 30.3 Å². The Morgan fingerprint density at radius 3 is 2.71 bits per heavy atom. The maximum absolute atomic E-state index is 10.8. The van der Waals surface area contributed by atoms with Crippen LogP contribution in [-0.4, -0.2) is 19.7 Å². The van der Waals surface area contributed by atoms with E-state index in [9.17, 15) is 4.79 Å². The molecule has 1 aromatic carbocycles. The maximum atomic E-state index is 10.8. The fourth-order valence-corrected chi connectivity index (χ4v) is 0.905. The van der Waals surface area contributed by atoms with Crippen LogP contribution < -0.4 is 0 Å². The van der Waals surface area contributed by atoms with Gasteiger partial charge in [0.2, 0.25) is 0 Å². The zero-order valence-corrected chi connectivity index (χ0v) is 7.97. The molecule has 14 heavy (non-hydrogen) atoms. The summed E-state index contributed by atoms with van der Waals surface area (Å²) in [4.78, 5) is 10.8. The lowest BCUT2D eigenvalue weighted by Crippen LogP contribution is -2.06. The summed E-state index contributed by atoms with van der Waals surface area (Å²) in [5, 5.41) is 0. The lowest BCUT2D eigenvalue weighted by Gasteiger charge is -1.96. The van der Waals surface area contributed by atoms with Crippen molar-refractivity contribution >= 4 is 12.0 Å². The quantitative estimate of drug-likeness (QED) is 0.539. The van der Waals surface area contributed by atoms with E-state index in [1.54, 1.807) is 6.08 Å². The molecular formula is C11H12O3. The van der Waals surface area contributed by atoms with Crippen molar-refractivity contribution in [2.45, 2.75) is 0 Å². The van der Waals surface area contributed by atoms with Gasteiger partial charge < -0.3 is 9.47 Å². The Balaban J connectivity index is 2.38. The molecule has 0 unspecified atom stereocenters. The molecule has 1 rings (SSSR count). The predicted octanol–water partition coefficient (Wildman–Crippen LogP) is 1.85. The molecular weight excluding hydrogens is 180 g/mol. The van der Waals surface area contributed by atoms with E-state index in [0.717, 1.165) is 5.56 Å². The highest BCUT2D eigenvalue weighted by Crippen LogP contribution is 2.00. The van der Waals surface area contributed by atoms with Gasteiger partial charge >= 0.3 is 5.97 Å². The summed E-state index contributed by atoms with van der Waals surface area (Å²) in [6.45, 7) is -0.0286. The zero-order valence-electron chi connectivity index (χ0n) is 7.97. The van der Waals surface area contributed by atoms with Gasteiger partial charge in [0.15, 0.2) is 0 Å². The Bertz CT molecular complexity index is 304. The lowest BCUT2D eigenvalue weighted by molar-refractivity contribution is -0.142. The third kappa shape index (κ3) is 3.87. The highest BCUT2D eigenvalue weighted by Gasteiger charge is 1.96. The second kappa shape index (κ2) is 5.94. The fourth-order valence-electron chi connectivity index (χ4n) is 0.905. The van der Waals surface area contributed by atoms with Gasteiger partial charge in [-0.25, -0.2) is 4.79 Å². The average molecular weight is 192 g/mol. The number of hydrogen-bond acceptors (Lipinski definition) is 3. The topological polar surface area (TPSA) is 35.5 Å². The van der Waals surface area contributed by atoms with Gasteiger partial charge in [-0.05, 0) is 11.6 Å². The largest absolute Gasteiger partial charge is 0.433 e. The van der Waals surface area contributed by atoms with E-state index in [0.29, 0.717) is 0 Å². The van der Waals surface area contributed by atoms with E-state index in [2.05, 4.69) is 4.74 Å². The van der Waals surface area contributed by atoms with Gasteiger partial charge in [-0.3, -0.25) is 0 Å². The van der Waals surface area contributed by atoms with Gasteiger partial charge in [0, 0.05) is 7.11 Å². The minimum Gasteiger partial charge on any atom is -0.433 e. The molecule has 0 aliphatic carbocycles. The zero-order chi connectivity index (χ0) is 10.2. The Morgan fingerprint density at radius 2 is 2.07 bits per heavy atom. The first-order valence-electron chi connectivity index (χ1n) is 4.23. The molecule has 0 aromatic heterocycles. The summed E-state index contributed by atoms with van der Waals surface area (Å²) in [6, 6.07) is 9.59. The lowest BCUT2D eigenvalue weighted by atomic mass is 10.2. The second-order valence-electron chi connectivity index (χ2n) is 2.64. The van der Waals surface area contributed by atoms with E-state index in [1.807, 2.05) is 30.3 Å². The van der Waals surface area contributed by atoms with Crippen molar-refractivity contribution in [3.05, 3.63) is 42.2 Å². The van der Waals surface area contributed by atoms with Crippen LogP contribution in [0.2, 0.25) is 0 Å². The number of carbonyl (C=O) groups excluding carboxylic acids is 1. The number of ether oxygens (including phenoxy) is 2. The number of esters is 1. The molecule has 0 saturated heterocycles. The van der Waals surface area contributed by atoms with Gasteiger partial charge in [-0.15, -0.1) is 0 Å². The van der Waals surface area contributed by atoms with Crippen LogP contribution in [0.5, 0.6) is 0 Å². The van der Waals surface area contributed by atoms with Crippen LogP contribution in [0.4, 0.5) is 0 Å². The van der Waals surface area contributed by atoms with Crippen LogP contribution in [0, 0.1) is 0 Å². The van der Waals surface area contributed by atoms with E-state index in [1.165, 1.54) is 13.4 Å². The first-order chi connectivity index (χ1) is 6.83. The van der Waals surface area contributed by atoms with E-state index >= 15 is 0 Å². The summed E-state index contributed by atoms with van der Waals surface area (Å²) >= 11 is 0. The molecule has 0 N–H and O–H groups in total. The van der Waals surface area contributed by atoms with Crippen molar-refractivity contribution in [1.82, 2.24) is 0 Å². The minimum absolute atomic E-state index is 0.0286. The van der Waals surface area contributed by atoms with Crippen molar-refractivity contribution in [1.29, 1.82) is 0 Å². The molecule has 0 amide bonds. The van der Waals surface area contributed by atoms with Gasteiger partial charge in [0.25, 0.3) is 0 Å². The summed E-state index contributed by atoms with van der Waals surface area (Å²) in [5.41, 5.74) is 0.984. The molecule has 0 fully saturated rings. The van der Waals surface area contributed by atoms with Gasteiger partial charge in [-0.2, -0.15) is 0 Å². The van der Waals surface area contributed by atoms with Crippen LogP contribution in [-0.2, 0) is 14.3 Å². The second-order valence-corrected chi connectivity index (χ2v) is 2.64. The van der Waals surface area contributed by atoms with Crippen LogP contribution in [0.3, 0.4) is 0 Å². The number of methoxy groups -OCH3 is 1. The Labute approximate surface area is 83.0 Å². The van der Waals surface area contributed by atoms with Crippen molar-refractivity contribution < 1.29 is 14.3 Å².